The molecular formula is C25H22Cl2FN3O3. The summed E-state index contributed by atoms with van der Waals surface area (Å²) in [5.74, 6) is -0.600. The van der Waals surface area contributed by atoms with E-state index >= 15 is 0 Å². The maximum Gasteiger partial charge on any atom is 0.255 e. The van der Waals surface area contributed by atoms with Crippen LogP contribution >= 0.6 is 23.2 Å². The van der Waals surface area contributed by atoms with E-state index in [4.69, 9.17) is 27.9 Å². The zero-order valence-corrected chi connectivity index (χ0v) is 19.7. The van der Waals surface area contributed by atoms with Crippen molar-refractivity contribution in [2.75, 3.05) is 32.8 Å². The van der Waals surface area contributed by atoms with Crippen LogP contribution in [0.4, 0.5) is 4.39 Å². The molecule has 0 aliphatic carbocycles. The highest BCUT2D eigenvalue weighted by molar-refractivity contribution is 6.36. The first-order valence-corrected chi connectivity index (χ1v) is 11.7. The van der Waals surface area contributed by atoms with Crippen LogP contribution in [0.3, 0.4) is 0 Å². The standard InChI is InChI=1S/C25H22Cl2FN3O3/c26-20-10-16(4-5-21(20)28)22-13-30-8-9-31(12-17(30)14-34-22)25(33)19-3-1-2-18(24(19)27)15-6-7-29-23(32)11-15/h1-7,10-11,17,22H,8-9,12-14H2,(H,29,32)/t17-,22-/m0/s1. The van der Waals surface area contributed by atoms with Crippen LogP contribution in [0, 0.1) is 5.82 Å². The molecule has 34 heavy (non-hydrogen) atoms. The molecule has 2 atom stereocenters. The molecule has 0 bridgehead atoms. The molecule has 2 saturated heterocycles. The third-order valence-electron chi connectivity index (χ3n) is 6.41. The molecule has 2 aromatic carbocycles. The highest BCUT2D eigenvalue weighted by Gasteiger charge is 2.36. The number of nitrogens with zero attached hydrogens (tertiary/aromatic N) is 2. The van der Waals surface area contributed by atoms with Crippen LogP contribution in [-0.4, -0.2) is 59.5 Å². The van der Waals surface area contributed by atoms with Crippen LogP contribution in [0.15, 0.2) is 59.5 Å². The topological polar surface area (TPSA) is 65.6 Å². The highest BCUT2D eigenvalue weighted by Crippen LogP contribution is 2.32. The van der Waals surface area contributed by atoms with Crippen molar-refractivity contribution in [2.45, 2.75) is 12.1 Å². The number of carbonyl (C=O) groups is 1. The van der Waals surface area contributed by atoms with E-state index in [2.05, 4.69) is 9.88 Å². The first-order chi connectivity index (χ1) is 16.4. The minimum Gasteiger partial charge on any atom is -0.370 e. The summed E-state index contributed by atoms with van der Waals surface area (Å²) in [5.41, 5.74) is 2.30. The molecule has 5 rings (SSSR count). The molecule has 2 aliphatic heterocycles. The summed E-state index contributed by atoms with van der Waals surface area (Å²) in [4.78, 5) is 31.7. The Kier molecular flexibility index (Phi) is 6.44. The molecule has 0 unspecified atom stereocenters. The molecule has 9 heteroatoms. The predicted molar refractivity (Wildman–Crippen MR) is 129 cm³/mol. The van der Waals surface area contributed by atoms with Gasteiger partial charge in [0.1, 0.15) is 5.82 Å². The number of piperazine rings is 1. The normalized spacial score (nSPS) is 20.7. The quantitative estimate of drug-likeness (QED) is 0.578. The van der Waals surface area contributed by atoms with E-state index in [9.17, 15) is 14.0 Å². The molecule has 0 radical (unpaired) electrons. The van der Waals surface area contributed by atoms with E-state index in [0.717, 1.165) is 5.56 Å². The van der Waals surface area contributed by atoms with E-state index in [0.29, 0.717) is 54.5 Å². The van der Waals surface area contributed by atoms with Crippen LogP contribution < -0.4 is 5.56 Å². The SMILES string of the molecule is O=C(c1cccc(-c2cc[nH]c(=O)c2)c1Cl)N1CCN2C[C@@H](c3ccc(F)c(Cl)c3)OC[C@@H]2C1. The Morgan fingerprint density at radius 1 is 1.09 bits per heavy atom. The molecule has 0 spiro atoms. The Labute approximate surface area is 205 Å². The molecule has 6 nitrogen and oxygen atoms in total. The van der Waals surface area contributed by atoms with Gasteiger partial charge in [-0.25, -0.2) is 4.39 Å². The van der Waals surface area contributed by atoms with Crippen molar-refractivity contribution in [1.29, 1.82) is 0 Å². The lowest BCUT2D eigenvalue weighted by Crippen LogP contribution is -2.59. The number of aromatic nitrogens is 1. The maximum atomic E-state index is 13.5. The molecule has 3 heterocycles. The van der Waals surface area contributed by atoms with Gasteiger partial charge in [0.2, 0.25) is 5.56 Å². The van der Waals surface area contributed by atoms with Crippen LogP contribution in [0.25, 0.3) is 11.1 Å². The van der Waals surface area contributed by atoms with Crippen molar-refractivity contribution in [1.82, 2.24) is 14.8 Å². The summed E-state index contributed by atoms with van der Waals surface area (Å²) in [5, 5.41) is 0.409. The summed E-state index contributed by atoms with van der Waals surface area (Å²) < 4.78 is 19.6. The fourth-order valence-corrected chi connectivity index (χ4v) is 5.09. The molecule has 0 saturated carbocycles. The summed E-state index contributed by atoms with van der Waals surface area (Å²) in [6, 6.07) is 13.2. The van der Waals surface area contributed by atoms with Gasteiger partial charge >= 0.3 is 0 Å². The lowest BCUT2D eigenvalue weighted by molar-refractivity contribution is -0.0858. The van der Waals surface area contributed by atoms with E-state index in [1.165, 1.54) is 12.1 Å². The van der Waals surface area contributed by atoms with E-state index in [1.54, 1.807) is 47.5 Å². The molecule has 1 amide bonds. The predicted octanol–water partition coefficient (Wildman–Crippen LogP) is 4.39. The van der Waals surface area contributed by atoms with Crippen molar-refractivity contribution in [3.8, 4) is 11.1 Å². The van der Waals surface area contributed by atoms with Gasteiger partial charge in [0.15, 0.2) is 0 Å². The summed E-state index contributed by atoms with van der Waals surface area (Å²) >= 11 is 12.6. The number of H-pyrrole nitrogens is 1. The number of amides is 1. The number of benzene rings is 2. The number of nitrogens with one attached hydrogen (secondary N) is 1. The number of fused-ring (bicyclic) bond motifs is 1. The first kappa shape index (κ1) is 23.1. The van der Waals surface area contributed by atoms with Crippen molar-refractivity contribution in [3.05, 3.63) is 92.1 Å². The average molecular weight is 502 g/mol. The van der Waals surface area contributed by atoms with Crippen molar-refractivity contribution >= 4 is 29.1 Å². The fourth-order valence-electron chi connectivity index (χ4n) is 4.59. The molecule has 3 aromatic rings. The fraction of sp³-hybridized carbons (Fsp3) is 0.280. The minimum absolute atomic E-state index is 0.0551. The van der Waals surface area contributed by atoms with Gasteiger partial charge < -0.3 is 14.6 Å². The summed E-state index contributed by atoms with van der Waals surface area (Å²) in [6.45, 7) is 2.85. The second kappa shape index (κ2) is 9.50. The molecule has 2 aliphatic rings. The molecule has 2 fully saturated rings. The van der Waals surface area contributed by atoms with Gasteiger partial charge in [-0.2, -0.15) is 0 Å². The third-order valence-corrected chi connectivity index (χ3v) is 7.11. The third kappa shape index (κ3) is 4.49. The van der Waals surface area contributed by atoms with Gasteiger partial charge in [-0.3, -0.25) is 14.5 Å². The van der Waals surface area contributed by atoms with E-state index in [1.807, 2.05) is 0 Å². The number of carbonyl (C=O) groups excluding carboxylic acids is 1. The molecule has 1 aromatic heterocycles. The number of rotatable bonds is 3. The van der Waals surface area contributed by atoms with Gasteiger partial charge in [0.25, 0.3) is 5.91 Å². The van der Waals surface area contributed by atoms with Crippen molar-refractivity contribution in [2.24, 2.45) is 0 Å². The van der Waals surface area contributed by atoms with Gasteiger partial charge in [-0.1, -0.05) is 41.4 Å². The zero-order valence-electron chi connectivity index (χ0n) is 18.1. The van der Waals surface area contributed by atoms with Crippen molar-refractivity contribution in [3.63, 3.8) is 0 Å². The first-order valence-electron chi connectivity index (χ1n) is 11.0. The smallest absolute Gasteiger partial charge is 0.255 e. The second-order valence-electron chi connectivity index (χ2n) is 8.50. The molecule has 176 valence electrons. The Morgan fingerprint density at radius 2 is 1.94 bits per heavy atom. The number of ether oxygens (including phenoxy) is 1. The Bertz CT molecular complexity index is 1300. The lowest BCUT2D eigenvalue weighted by Gasteiger charge is -2.46. The number of morpholine rings is 1. The maximum absolute atomic E-state index is 13.5. The van der Waals surface area contributed by atoms with Gasteiger partial charge in [-0.05, 0) is 35.4 Å². The largest absolute Gasteiger partial charge is 0.370 e. The Hall–Kier alpha value is -2.71. The van der Waals surface area contributed by atoms with Gasteiger partial charge in [-0.15, -0.1) is 0 Å². The lowest BCUT2D eigenvalue weighted by atomic mass is 10.0. The van der Waals surface area contributed by atoms with E-state index < -0.39 is 5.82 Å². The van der Waals surface area contributed by atoms with Gasteiger partial charge in [0, 0.05) is 44.0 Å². The number of pyridine rings is 1. The number of halogens is 3. The molecular weight excluding hydrogens is 480 g/mol. The van der Waals surface area contributed by atoms with Gasteiger partial charge in [0.05, 0.1) is 34.4 Å². The average Bonchev–Trinajstić information content (AvgIpc) is 2.85. The highest BCUT2D eigenvalue weighted by atomic mass is 35.5. The Balaban J connectivity index is 1.30. The van der Waals surface area contributed by atoms with Crippen LogP contribution in [0.1, 0.15) is 22.0 Å². The minimum atomic E-state index is -0.451. The zero-order chi connectivity index (χ0) is 23.8. The van der Waals surface area contributed by atoms with Crippen molar-refractivity contribution < 1.29 is 13.9 Å². The molecule has 1 N–H and O–H groups in total. The van der Waals surface area contributed by atoms with Crippen LogP contribution in [0.5, 0.6) is 0 Å². The number of aromatic amines is 1. The Morgan fingerprint density at radius 3 is 2.74 bits per heavy atom. The number of hydrogen-bond donors (Lipinski definition) is 1. The van der Waals surface area contributed by atoms with E-state index in [-0.39, 0.29) is 28.6 Å². The van der Waals surface area contributed by atoms with Crippen LogP contribution in [0.2, 0.25) is 10.0 Å². The monoisotopic (exact) mass is 501 g/mol. The summed E-state index contributed by atoms with van der Waals surface area (Å²) in [6.07, 6.45) is 1.36. The number of hydrogen-bond acceptors (Lipinski definition) is 4. The van der Waals surface area contributed by atoms with Crippen LogP contribution in [-0.2, 0) is 4.74 Å². The second-order valence-corrected chi connectivity index (χ2v) is 9.29. The summed E-state index contributed by atoms with van der Waals surface area (Å²) in [7, 11) is 0.